The summed E-state index contributed by atoms with van der Waals surface area (Å²) in [5.41, 5.74) is 0.841. The van der Waals surface area contributed by atoms with Crippen LogP contribution in [0.4, 0.5) is 5.69 Å². The summed E-state index contributed by atoms with van der Waals surface area (Å²) in [7, 11) is 0. The van der Waals surface area contributed by atoms with Crippen molar-refractivity contribution in [1.82, 2.24) is 15.0 Å². The number of nitrogens with zero attached hydrogens (tertiary/aromatic N) is 5. The van der Waals surface area contributed by atoms with Crippen molar-refractivity contribution in [3.63, 3.8) is 0 Å². The normalized spacial score (nSPS) is 10.7. The van der Waals surface area contributed by atoms with Crippen molar-refractivity contribution in [3.8, 4) is 11.8 Å². The number of aromatic nitrogens is 3. The van der Waals surface area contributed by atoms with E-state index in [1.54, 1.807) is 30.5 Å². The van der Waals surface area contributed by atoms with E-state index < -0.39 is 6.29 Å². The molecule has 0 aliphatic heterocycles. The molecule has 0 atom stereocenters. The Morgan fingerprint density at radius 1 is 1.17 bits per heavy atom. The predicted octanol–water partition coefficient (Wildman–Crippen LogP) is 2.64. The van der Waals surface area contributed by atoms with Gasteiger partial charge in [0.2, 0.25) is 0 Å². The summed E-state index contributed by atoms with van der Waals surface area (Å²) in [6, 6.07) is 9.22. The molecule has 9 nitrogen and oxygen atoms in total. The fourth-order valence-corrected chi connectivity index (χ4v) is 2.70. The monoisotopic (exact) mass is 401 g/mol. The third-order valence-electron chi connectivity index (χ3n) is 3.95. The molecule has 0 unspecified atom stereocenters. The predicted molar refractivity (Wildman–Crippen MR) is 107 cm³/mol. The molecule has 0 bridgehead atoms. The Labute approximate surface area is 170 Å². The van der Waals surface area contributed by atoms with Gasteiger partial charge in [0.05, 0.1) is 31.8 Å². The van der Waals surface area contributed by atoms with E-state index in [9.17, 15) is 4.79 Å². The lowest BCUT2D eigenvalue weighted by molar-refractivity contribution is -0.145. The Kier molecular flexibility index (Phi) is 9.08. The van der Waals surface area contributed by atoms with Gasteiger partial charge in [0.25, 0.3) is 5.91 Å². The van der Waals surface area contributed by atoms with Crippen LogP contribution in [0.2, 0.25) is 0 Å². The largest absolute Gasteiger partial charge is 0.494 e. The minimum absolute atomic E-state index is 0.184. The maximum Gasteiger partial charge on any atom is 0.280 e. The van der Waals surface area contributed by atoms with Gasteiger partial charge in [0.1, 0.15) is 5.75 Å². The SMILES string of the molecule is CCOc1ccc(N(CCC#N)C(=O)c2cn(CC(OCC)OCC)nn2)cc1. The number of rotatable bonds is 12. The van der Waals surface area contributed by atoms with Gasteiger partial charge in [-0.2, -0.15) is 5.26 Å². The lowest BCUT2D eigenvalue weighted by Crippen LogP contribution is -2.32. The second-order valence-electron chi connectivity index (χ2n) is 5.96. The molecule has 156 valence electrons. The highest BCUT2D eigenvalue weighted by molar-refractivity contribution is 6.04. The second-order valence-corrected chi connectivity index (χ2v) is 5.96. The average molecular weight is 401 g/mol. The maximum absolute atomic E-state index is 13.0. The topological polar surface area (TPSA) is 102 Å². The second kappa shape index (κ2) is 11.8. The fourth-order valence-electron chi connectivity index (χ4n) is 2.70. The Balaban J connectivity index is 2.16. The van der Waals surface area contributed by atoms with E-state index in [0.29, 0.717) is 37.8 Å². The van der Waals surface area contributed by atoms with Crippen LogP contribution in [-0.4, -0.2) is 53.6 Å². The van der Waals surface area contributed by atoms with Crippen LogP contribution in [0.5, 0.6) is 5.75 Å². The van der Waals surface area contributed by atoms with Crippen LogP contribution in [0.3, 0.4) is 0 Å². The number of amides is 1. The first-order valence-electron chi connectivity index (χ1n) is 9.67. The molecular formula is C20H27N5O4. The molecule has 0 fully saturated rings. The smallest absolute Gasteiger partial charge is 0.280 e. The summed E-state index contributed by atoms with van der Waals surface area (Å²) < 4.78 is 18.0. The Hall–Kier alpha value is -2.96. The van der Waals surface area contributed by atoms with Crippen molar-refractivity contribution in [2.45, 2.75) is 40.0 Å². The van der Waals surface area contributed by atoms with Gasteiger partial charge in [-0.25, -0.2) is 4.68 Å². The van der Waals surface area contributed by atoms with E-state index in [1.165, 1.54) is 9.58 Å². The highest BCUT2D eigenvalue weighted by Crippen LogP contribution is 2.21. The van der Waals surface area contributed by atoms with Crippen LogP contribution in [0.15, 0.2) is 30.5 Å². The molecule has 0 saturated heterocycles. The first-order chi connectivity index (χ1) is 14.1. The molecular weight excluding hydrogens is 374 g/mol. The van der Waals surface area contributed by atoms with Gasteiger partial charge in [-0.3, -0.25) is 4.79 Å². The molecule has 29 heavy (non-hydrogen) atoms. The van der Waals surface area contributed by atoms with Gasteiger partial charge in [-0.05, 0) is 45.0 Å². The standard InChI is InChI=1S/C20H27N5O4/c1-4-27-17-10-8-16(9-11-17)25(13-7-12-21)20(26)18-14-24(23-22-18)15-19(28-5-2)29-6-3/h8-11,14,19H,4-7,13,15H2,1-3H3. The van der Waals surface area contributed by atoms with Crippen LogP contribution in [0, 0.1) is 11.3 Å². The number of nitriles is 1. The zero-order valence-corrected chi connectivity index (χ0v) is 17.1. The lowest BCUT2D eigenvalue weighted by atomic mass is 10.2. The van der Waals surface area contributed by atoms with Crippen molar-refractivity contribution >= 4 is 11.6 Å². The summed E-state index contributed by atoms with van der Waals surface area (Å²) in [5, 5.41) is 17.0. The summed E-state index contributed by atoms with van der Waals surface area (Å²) >= 11 is 0. The zero-order valence-electron chi connectivity index (χ0n) is 17.1. The van der Waals surface area contributed by atoms with Crippen LogP contribution >= 0.6 is 0 Å². The van der Waals surface area contributed by atoms with E-state index in [0.717, 1.165) is 0 Å². The van der Waals surface area contributed by atoms with E-state index >= 15 is 0 Å². The molecule has 1 heterocycles. The third-order valence-corrected chi connectivity index (χ3v) is 3.95. The minimum atomic E-state index is -0.463. The molecule has 0 radical (unpaired) electrons. The van der Waals surface area contributed by atoms with Crippen molar-refractivity contribution < 1.29 is 19.0 Å². The molecule has 1 aromatic carbocycles. The van der Waals surface area contributed by atoms with Crippen molar-refractivity contribution in [2.75, 3.05) is 31.3 Å². The lowest BCUT2D eigenvalue weighted by Gasteiger charge is -2.21. The Morgan fingerprint density at radius 3 is 2.45 bits per heavy atom. The molecule has 0 spiro atoms. The van der Waals surface area contributed by atoms with Crippen molar-refractivity contribution in [2.24, 2.45) is 0 Å². The van der Waals surface area contributed by atoms with Gasteiger partial charge in [0.15, 0.2) is 12.0 Å². The molecule has 0 aliphatic carbocycles. The van der Waals surface area contributed by atoms with E-state index in [4.69, 9.17) is 19.5 Å². The first kappa shape index (κ1) is 22.3. The van der Waals surface area contributed by atoms with Crippen LogP contribution in [0.1, 0.15) is 37.7 Å². The molecule has 0 N–H and O–H groups in total. The summed E-state index contributed by atoms with van der Waals surface area (Å²) in [4.78, 5) is 14.5. The van der Waals surface area contributed by atoms with Crippen molar-refractivity contribution in [3.05, 3.63) is 36.2 Å². The molecule has 0 saturated carbocycles. The quantitative estimate of drug-likeness (QED) is 0.504. The van der Waals surface area contributed by atoms with Crippen LogP contribution in [0.25, 0.3) is 0 Å². The number of carbonyl (C=O) groups excluding carboxylic acids is 1. The first-order valence-corrected chi connectivity index (χ1v) is 9.67. The van der Waals surface area contributed by atoms with Gasteiger partial charge in [-0.15, -0.1) is 5.10 Å². The molecule has 1 amide bonds. The van der Waals surface area contributed by atoms with Gasteiger partial charge in [-0.1, -0.05) is 5.21 Å². The molecule has 0 aliphatic rings. The number of anilines is 1. The highest BCUT2D eigenvalue weighted by atomic mass is 16.7. The van der Waals surface area contributed by atoms with Crippen LogP contribution in [-0.2, 0) is 16.0 Å². The number of carbonyl (C=O) groups is 1. The maximum atomic E-state index is 13.0. The van der Waals surface area contributed by atoms with Gasteiger partial charge < -0.3 is 19.1 Å². The molecule has 9 heteroatoms. The summed E-state index contributed by atoms with van der Waals surface area (Å²) in [5.74, 6) is 0.382. The van der Waals surface area contributed by atoms with Crippen LogP contribution < -0.4 is 9.64 Å². The number of hydrogen-bond donors (Lipinski definition) is 0. The minimum Gasteiger partial charge on any atom is -0.494 e. The van der Waals surface area contributed by atoms with Crippen molar-refractivity contribution in [1.29, 1.82) is 5.26 Å². The van der Waals surface area contributed by atoms with E-state index in [2.05, 4.69) is 16.4 Å². The Bertz CT molecular complexity index is 794. The Morgan fingerprint density at radius 2 is 1.86 bits per heavy atom. The summed E-state index contributed by atoms with van der Waals surface area (Å²) in [6.07, 6.45) is 1.29. The van der Waals surface area contributed by atoms with Gasteiger partial charge in [0, 0.05) is 25.4 Å². The van der Waals surface area contributed by atoms with Gasteiger partial charge >= 0.3 is 0 Å². The van der Waals surface area contributed by atoms with E-state index in [1.807, 2.05) is 20.8 Å². The zero-order chi connectivity index (χ0) is 21.1. The third kappa shape index (κ3) is 6.55. The number of benzene rings is 1. The number of hydrogen-bond acceptors (Lipinski definition) is 7. The molecule has 2 rings (SSSR count). The molecule has 1 aromatic heterocycles. The summed E-state index contributed by atoms with van der Waals surface area (Å²) in [6.45, 7) is 7.81. The average Bonchev–Trinajstić information content (AvgIpc) is 3.18. The highest BCUT2D eigenvalue weighted by Gasteiger charge is 2.21. The number of ether oxygens (including phenoxy) is 3. The van der Waals surface area contributed by atoms with E-state index in [-0.39, 0.29) is 24.6 Å². The molecule has 2 aromatic rings. The fraction of sp³-hybridized carbons (Fsp3) is 0.500.